The van der Waals surface area contributed by atoms with Gasteiger partial charge in [0, 0.05) is 30.2 Å². The van der Waals surface area contributed by atoms with Crippen LogP contribution in [0.4, 0.5) is 0 Å². The molecule has 0 spiro atoms. The van der Waals surface area contributed by atoms with E-state index in [-0.39, 0.29) is 17.1 Å². The van der Waals surface area contributed by atoms with Crippen LogP contribution in [0.1, 0.15) is 0 Å². The Labute approximate surface area is 60.7 Å². The Hall–Kier alpha value is 0.399. The van der Waals surface area contributed by atoms with E-state index in [1.807, 2.05) is 0 Å². The quantitative estimate of drug-likeness (QED) is 0.431. The van der Waals surface area contributed by atoms with Crippen molar-refractivity contribution in [2.45, 2.75) is 0 Å². The van der Waals surface area contributed by atoms with Gasteiger partial charge >= 0.3 is 0 Å². The third kappa shape index (κ3) is 9.64. The van der Waals surface area contributed by atoms with Crippen molar-refractivity contribution < 1.29 is 17.1 Å². The molecule has 0 aromatic rings. The molecule has 0 heterocycles. The molecular formula is C4H12FeN3-. The Bertz CT molecular complexity index is 30.5. The van der Waals surface area contributed by atoms with E-state index in [1.54, 1.807) is 0 Å². The number of rotatable bonds is 4. The van der Waals surface area contributed by atoms with Crippen LogP contribution in [0.15, 0.2) is 0 Å². The van der Waals surface area contributed by atoms with Crippen LogP contribution in [0.3, 0.4) is 0 Å². The molecule has 3 nitrogen and oxygen atoms in total. The zero-order valence-electron chi connectivity index (χ0n) is 4.76. The van der Waals surface area contributed by atoms with Crippen molar-refractivity contribution in [1.29, 1.82) is 0 Å². The van der Waals surface area contributed by atoms with Crippen LogP contribution in [0.2, 0.25) is 0 Å². The van der Waals surface area contributed by atoms with Gasteiger partial charge in [-0.3, -0.25) is 0 Å². The van der Waals surface area contributed by atoms with Crippen LogP contribution in [0.5, 0.6) is 0 Å². The van der Waals surface area contributed by atoms with E-state index in [9.17, 15) is 0 Å². The molecule has 52 valence electrons. The molecule has 0 bridgehead atoms. The smallest absolute Gasteiger partial charge is 0.00737 e. The van der Waals surface area contributed by atoms with Crippen LogP contribution in [0, 0.1) is 0 Å². The Kier molecular flexibility index (Phi) is 14.6. The first-order chi connectivity index (χ1) is 3.41. The first-order valence-corrected chi connectivity index (χ1v) is 2.47. The van der Waals surface area contributed by atoms with Crippen molar-refractivity contribution in [2.75, 3.05) is 26.2 Å². The largest absolute Gasteiger partial charge is 0.676 e. The molecule has 0 saturated heterocycles. The summed E-state index contributed by atoms with van der Waals surface area (Å²) in [5.74, 6) is 0. The zero-order valence-corrected chi connectivity index (χ0v) is 5.86. The zero-order chi connectivity index (χ0) is 5.54. The summed E-state index contributed by atoms with van der Waals surface area (Å²) in [6.07, 6.45) is 0. The number of nitrogens with two attached hydrogens (primary N) is 1. The molecule has 0 amide bonds. The molecule has 8 heavy (non-hydrogen) atoms. The summed E-state index contributed by atoms with van der Waals surface area (Å²) in [5, 5.41) is 2.97. The Morgan fingerprint density at radius 2 is 2.00 bits per heavy atom. The Morgan fingerprint density at radius 3 is 2.38 bits per heavy atom. The summed E-state index contributed by atoms with van der Waals surface area (Å²) in [6, 6.07) is 0. The van der Waals surface area contributed by atoms with Gasteiger partial charge in [-0.05, 0) is 6.54 Å². The molecule has 0 saturated carbocycles. The summed E-state index contributed by atoms with van der Waals surface area (Å²) < 4.78 is 0. The third-order valence-corrected chi connectivity index (χ3v) is 0.623. The number of nitrogens with one attached hydrogen (secondary N) is 2. The minimum absolute atomic E-state index is 0. The molecule has 0 unspecified atom stereocenters. The van der Waals surface area contributed by atoms with E-state index in [0.29, 0.717) is 13.1 Å². The fourth-order valence-corrected chi connectivity index (χ4v) is 0.315. The van der Waals surface area contributed by atoms with E-state index in [0.717, 1.165) is 13.1 Å². The minimum Gasteiger partial charge on any atom is -0.676 e. The van der Waals surface area contributed by atoms with Crippen molar-refractivity contribution in [1.82, 2.24) is 5.32 Å². The van der Waals surface area contributed by atoms with Gasteiger partial charge in [-0.2, -0.15) is 0 Å². The van der Waals surface area contributed by atoms with Gasteiger partial charge in [0.15, 0.2) is 0 Å². The standard InChI is InChI=1S/C4H12N3.Fe/c5-1-3-7-4-2-6;/h5,7H,1-4,6H2;/q-1;. The monoisotopic (exact) mass is 158 g/mol. The molecule has 0 radical (unpaired) electrons. The molecular weight excluding hydrogens is 146 g/mol. The van der Waals surface area contributed by atoms with Gasteiger partial charge in [0.05, 0.1) is 0 Å². The molecule has 0 aliphatic rings. The van der Waals surface area contributed by atoms with Gasteiger partial charge < -0.3 is 16.8 Å². The Morgan fingerprint density at radius 1 is 1.38 bits per heavy atom. The first-order valence-electron chi connectivity index (χ1n) is 2.47. The van der Waals surface area contributed by atoms with Crippen LogP contribution in [-0.2, 0) is 17.1 Å². The normalized spacial score (nSPS) is 8.25. The van der Waals surface area contributed by atoms with Crippen molar-refractivity contribution in [3.8, 4) is 0 Å². The summed E-state index contributed by atoms with van der Waals surface area (Å²) in [7, 11) is 0. The molecule has 0 atom stereocenters. The van der Waals surface area contributed by atoms with E-state index < -0.39 is 0 Å². The maximum Gasteiger partial charge on any atom is 0.00737 e. The van der Waals surface area contributed by atoms with E-state index in [1.165, 1.54) is 0 Å². The van der Waals surface area contributed by atoms with Crippen LogP contribution >= 0.6 is 0 Å². The van der Waals surface area contributed by atoms with Gasteiger partial charge in [-0.1, -0.05) is 0 Å². The van der Waals surface area contributed by atoms with Crippen LogP contribution < -0.4 is 11.1 Å². The second-order valence-electron chi connectivity index (χ2n) is 1.29. The maximum absolute atomic E-state index is 6.68. The topological polar surface area (TPSA) is 61.8 Å². The van der Waals surface area contributed by atoms with Gasteiger partial charge in [0.2, 0.25) is 0 Å². The number of hydrogen-bond acceptors (Lipinski definition) is 2. The molecule has 0 rings (SSSR count). The molecule has 0 aliphatic heterocycles. The van der Waals surface area contributed by atoms with Crippen molar-refractivity contribution in [2.24, 2.45) is 5.73 Å². The third-order valence-electron chi connectivity index (χ3n) is 0.623. The van der Waals surface area contributed by atoms with Crippen molar-refractivity contribution in [3.63, 3.8) is 0 Å². The van der Waals surface area contributed by atoms with E-state index in [4.69, 9.17) is 11.5 Å². The second kappa shape index (κ2) is 10.4. The molecule has 4 heteroatoms. The van der Waals surface area contributed by atoms with Gasteiger partial charge in [-0.25, -0.2) is 0 Å². The molecule has 0 fully saturated rings. The van der Waals surface area contributed by atoms with E-state index in [2.05, 4.69) is 5.32 Å². The summed E-state index contributed by atoms with van der Waals surface area (Å²) in [4.78, 5) is 0. The fourth-order valence-electron chi connectivity index (χ4n) is 0.315. The summed E-state index contributed by atoms with van der Waals surface area (Å²) in [6.45, 7) is 2.70. The second-order valence-corrected chi connectivity index (χ2v) is 1.29. The van der Waals surface area contributed by atoms with Crippen LogP contribution in [-0.4, -0.2) is 26.2 Å². The first kappa shape index (κ1) is 11.2. The summed E-state index contributed by atoms with van der Waals surface area (Å²) >= 11 is 0. The summed E-state index contributed by atoms with van der Waals surface area (Å²) in [5.41, 5.74) is 11.8. The average molecular weight is 158 g/mol. The molecule has 0 aliphatic carbocycles. The minimum atomic E-state index is 0. The van der Waals surface area contributed by atoms with E-state index >= 15 is 0 Å². The van der Waals surface area contributed by atoms with Crippen molar-refractivity contribution >= 4 is 0 Å². The molecule has 4 N–H and O–H groups in total. The van der Waals surface area contributed by atoms with Gasteiger partial charge in [0.25, 0.3) is 0 Å². The maximum atomic E-state index is 6.68. The van der Waals surface area contributed by atoms with Gasteiger partial charge in [-0.15, -0.1) is 6.54 Å². The molecule has 0 aromatic heterocycles. The fraction of sp³-hybridized carbons (Fsp3) is 1.00. The van der Waals surface area contributed by atoms with Crippen molar-refractivity contribution in [3.05, 3.63) is 5.73 Å². The predicted octanol–water partition coefficient (Wildman–Crippen LogP) is -0.416. The average Bonchev–Trinajstić information content (AvgIpc) is 1.69. The Balaban J connectivity index is 0. The predicted molar refractivity (Wildman–Crippen MR) is 31.1 cm³/mol. The van der Waals surface area contributed by atoms with Gasteiger partial charge in [0.1, 0.15) is 0 Å². The number of hydrogen-bond donors (Lipinski definition) is 2. The molecule has 0 aromatic carbocycles. The SMILES string of the molecule is [Fe].[NH-]CCNCCN. The van der Waals surface area contributed by atoms with Crippen LogP contribution in [0.25, 0.3) is 5.73 Å².